The van der Waals surface area contributed by atoms with Crippen LogP contribution < -0.4 is 5.32 Å². The summed E-state index contributed by atoms with van der Waals surface area (Å²) in [6, 6.07) is 8.11. The van der Waals surface area contributed by atoms with E-state index in [9.17, 15) is 4.79 Å². The van der Waals surface area contributed by atoms with Crippen molar-refractivity contribution >= 4 is 12.0 Å². The molecule has 1 atom stereocenters. The third-order valence-electron chi connectivity index (χ3n) is 2.27. The van der Waals surface area contributed by atoms with Gasteiger partial charge in [0.1, 0.15) is 0 Å². The van der Waals surface area contributed by atoms with Gasteiger partial charge in [0.05, 0.1) is 0 Å². The highest BCUT2D eigenvalue weighted by atomic mass is 16.1. The minimum Gasteiger partial charge on any atom is -0.384 e. The molecule has 0 fully saturated rings. The maximum Gasteiger partial charge on any atom is 0.199 e. The Labute approximate surface area is 71.6 Å². The van der Waals surface area contributed by atoms with E-state index < -0.39 is 0 Å². The second-order valence-electron chi connectivity index (χ2n) is 3.01. The lowest BCUT2D eigenvalue weighted by Crippen LogP contribution is -2.01. The molecular weight excluding hydrogens is 150 g/mol. The highest BCUT2D eigenvalue weighted by molar-refractivity contribution is 5.62. The van der Waals surface area contributed by atoms with Crippen LogP contribution in [-0.2, 0) is 4.79 Å². The van der Waals surface area contributed by atoms with E-state index in [4.69, 9.17) is 0 Å². The third-order valence-corrected chi connectivity index (χ3v) is 2.27. The molecule has 0 saturated carbocycles. The first-order valence-corrected chi connectivity index (χ1v) is 4.09. The van der Waals surface area contributed by atoms with Crippen LogP contribution in [0.1, 0.15) is 17.9 Å². The summed E-state index contributed by atoms with van der Waals surface area (Å²) in [5, 5.41) is 3.26. The number of hydrogen-bond acceptors (Lipinski definition) is 2. The van der Waals surface area contributed by atoms with E-state index in [1.54, 1.807) is 0 Å². The van der Waals surface area contributed by atoms with Gasteiger partial charge in [0.25, 0.3) is 0 Å². The lowest BCUT2D eigenvalue weighted by Gasteiger charge is -2.02. The largest absolute Gasteiger partial charge is 0.384 e. The van der Waals surface area contributed by atoms with Crippen molar-refractivity contribution in [2.45, 2.75) is 12.3 Å². The van der Waals surface area contributed by atoms with Gasteiger partial charge in [-0.05, 0) is 11.6 Å². The van der Waals surface area contributed by atoms with Crippen molar-refractivity contribution in [3.63, 3.8) is 0 Å². The number of hydrogen-bond donors (Lipinski definition) is 1. The van der Waals surface area contributed by atoms with Crippen molar-refractivity contribution in [2.75, 3.05) is 11.9 Å². The van der Waals surface area contributed by atoms with E-state index in [0.29, 0.717) is 12.3 Å². The van der Waals surface area contributed by atoms with Crippen LogP contribution in [0.5, 0.6) is 0 Å². The first-order valence-electron chi connectivity index (χ1n) is 4.09. The van der Waals surface area contributed by atoms with Crippen molar-refractivity contribution < 1.29 is 4.79 Å². The summed E-state index contributed by atoms with van der Waals surface area (Å²) < 4.78 is 0. The normalized spacial score (nSPS) is 19.8. The Hall–Kier alpha value is -1.31. The number of anilines is 1. The van der Waals surface area contributed by atoms with Crippen LogP contribution in [0, 0.1) is 0 Å². The van der Waals surface area contributed by atoms with Gasteiger partial charge < -0.3 is 5.32 Å². The summed E-state index contributed by atoms with van der Waals surface area (Å²) >= 11 is 0. The Morgan fingerprint density at radius 1 is 1.50 bits per heavy atom. The molecule has 1 aliphatic heterocycles. The van der Waals surface area contributed by atoms with E-state index in [1.165, 1.54) is 5.56 Å². The van der Waals surface area contributed by atoms with Crippen LogP contribution in [0.15, 0.2) is 24.3 Å². The van der Waals surface area contributed by atoms with Crippen LogP contribution in [0.25, 0.3) is 0 Å². The Bertz CT molecular complexity index is 296. The van der Waals surface area contributed by atoms with Gasteiger partial charge in [0, 0.05) is 24.6 Å². The van der Waals surface area contributed by atoms with Crippen molar-refractivity contribution in [3.8, 4) is 0 Å². The lowest BCUT2D eigenvalue weighted by molar-refractivity contribution is 0.545. The molecule has 0 amide bonds. The second kappa shape index (κ2) is 2.97. The molecule has 1 aromatic rings. The number of nitrogens with one attached hydrogen (secondary N) is 1. The Morgan fingerprint density at radius 2 is 2.33 bits per heavy atom. The first kappa shape index (κ1) is 7.35. The van der Waals surface area contributed by atoms with Gasteiger partial charge in [-0.1, -0.05) is 18.2 Å². The number of carbonyl (C=O) groups excluding carboxylic acids is 1. The SMILES string of the molecule is O=[C]CC1CNc2ccccc21. The second-order valence-corrected chi connectivity index (χ2v) is 3.01. The monoisotopic (exact) mass is 160 g/mol. The molecule has 1 N–H and O–H groups in total. The first-order chi connectivity index (χ1) is 5.92. The summed E-state index contributed by atoms with van der Waals surface area (Å²) in [4.78, 5) is 10.2. The van der Waals surface area contributed by atoms with Crippen molar-refractivity contribution in [3.05, 3.63) is 29.8 Å². The van der Waals surface area contributed by atoms with Crippen LogP contribution in [-0.4, -0.2) is 12.8 Å². The summed E-state index contributed by atoms with van der Waals surface area (Å²) in [7, 11) is 0. The topological polar surface area (TPSA) is 29.1 Å². The minimum atomic E-state index is 0.332. The molecule has 0 saturated heterocycles. The summed E-state index contributed by atoms with van der Waals surface area (Å²) in [6.45, 7) is 0.870. The van der Waals surface area contributed by atoms with Gasteiger partial charge in [-0.25, -0.2) is 0 Å². The standard InChI is InChI=1S/C10H10NO/c12-6-5-8-7-11-10-4-2-1-3-9(8)10/h1-4,8,11H,5,7H2. The molecule has 1 aromatic carbocycles. The number of para-hydroxylation sites is 1. The molecular formula is C10H10NO. The zero-order valence-electron chi connectivity index (χ0n) is 6.71. The Kier molecular flexibility index (Phi) is 1.82. The predicted molar refractivity (Wildman–Crippen MR) is 48.0 cm³/mol. The summed E-state index contributed by atoms with van der Waals surface area (Å²) in [5.41, 5.74) is 2.42. The van der Waals surface area contributed by atoms with Crippen LogP contribution >= 0.6 is 0 Å². The average Bonchev–Trinajstić information content (AvgIpc) is 2.50. The molecule has 2 rings (SSSR count). The molecule has 0 spiro atoms. The molecule has 2 heteroatoms. The smallest absolute Gasteiger partial charge is 0.199 e. The molecule has 1 unspecified atom stereocenters. The molecule has 12 heavy (non-hydrogen) atoms. The van der Waals surface area contributed by atoms with E-state index >= 15 is 0 Å². The van der Waals surface area contributed by atoms with E-state index in [1.807, 2.05) is 24.5 Å². The molecule has 1 heterocycles. The van der Waals surface area contributed by atoms with Gasteiger partial charge in [0.2, 0.25) is 0 Å². The van der Waals surface area contributed by atoms with Crippen LogP contribution in [0.4, 0.5) is 5.69 Å². The molecule has 0 bridgehead atoms. The lowest BCUT2D eigenvalue weighted by atomic mass is 9.99. The maximum absolute atomic E-state index is 10.2. The average molecular weight is 160 g/mol. The fraction of sp³-hybridized carbons (Fsp3) is 0.300. The highest BCUT2D eigenvalue weighted by Crippen LogP contribution is 2.32. The van der Waals surface area contributed by atoms with Crippen molar-refractivity contribution in [1.29, 1.82) is 0 Å². The number of rotatable bonds is 2. The maximum atomic E-state index is 10.2. The van der Waals surface area contributed by atoms with E-state index in [-0.39, 0.29) is 0 Å². The molecule has 2 nitrogen and oxygen atoms in total. The Balaban J connectivity index is 2.29. The molecule has 1 radical (unpaired) electrons. The highest BCUT2D eigenvalue weighted by Gasteiger charge is 2.20. The molecule has 0 aliphatic carbocycles. The van der Waals surface area contributed by atoms with Crippen LogP contribution in [0.2, 0.25) is 0 Å². The quantitative estimate of drug-likeness (QED) is 0.713. The van der Waals surface area contributed by atoms with Gasteiger partial charge in [0.15, 0.2) is 6.29 Å². The Morgan fingerprint density at radius 3 is 3.17 bits per heavy atom. The summed E-state index contributed by atoms with van der Waals surface area (Å²) in [6.07, 6.45) is 2.46. The summed E-state index contributed by atoms with van der Waals surface area (Å²) in [5.74, 6) is 0.332. The minimum absolute atomic E-state index is 0.332. The number of benzene rings is 1. The zero-order valence-corrected chi connectivity index (χ0v) is 6.71. The van der Waals surface area contributed by atoms with Crippen molar-refractivity contribution in [2.24, 2.45) is 0 Å². The van der Waals surface area contributed by atoms with Gasteiger partial charge in [-0.2, -0.15) is 0 Å². The van der Waals surface area contributed by atoms with E-state index in [2.05, 4.69) is 11.4 Å². The number of fused-ring (bicyclic) bond motifs is 1. The fourth-order valence-corrected chi connectivity index (χ4v) is 1.64. The van der Waals surface area contributed by atoms with Crippen LogP contribution in [0.3, 0.4) is 0 Å². The van der Waals surface area contributed by atoms with Crippen molar-refractivity contribution in [1.82, 2.24) is 0 Å². The van der Waals surface area contributed by atoms with Gasteiger partial charge in [-0.15, -0.1) is 0 Å². The molecule has 1 aliphatic rings. The van der Waals surface area contributed by atoms with Gasteiger partial charge in [-0.3, -0.25) is 4.79 Å². The predicted octanol–water partition coefficient (Wildman–Crippen LogP) is 1.70. The molecule has 0 aromatic heterocycles. The van der Waals surface area contributed by atoms with Gasteiger partial charge >= 0.3 is 0 Å². The zero-order chi connectivity index (χ0) is 8.39. The fourth-order valence-electron chi connectivity index (χ4n) is 1.64. The third kappa shape index (κ3) is 1.09. The van der Waals surface area contributed by atoms with E-state index in [0.717, 1.165) is 12.2 Å². The molecule has 61 valence electrons.